The molecular weight excluding hydrogens is 457 g/mol. The number of rotatable bonds is 5. The lowest BCUT2D eigenvalue weighted by Gasteiger charge is -2.26. The SMILES string of the molecule is Cc1cc(-c2ncccc2-c2ccc3cnc(C(=O)N[C@@H]4[C@H]5C=CC(C5)[C@@H]4C(N)=O)n3c2)ccc1F. The van der Waals surface area contributed by atoms with Crippen molar-refractivity contribution in [2.24, 2.45) is 23.5 Å². The van der Waals surface area contributed by atoms with Crippen molar-refractivity contribution in [3.05, 3.63) is 90.4 Å². The molecule has 1 saturated carbocycles. The van der Waals surface area contributed by atoms with E-state index in [2.05, 4.69) is 21.4 Å². The van der Waals surface area contributed by atoms with Crippen LogP contribution in [0.3, 0.4) is 0 Å². The summed E-state index contributed by atoms with van der Waals surface area (Å²) in [5.41, 5.74) is 10.1. The maximum absolute atomic E-state index is 13.9. The van der Waals surface area contributed by atoms with Crippen molar-refractivity contribution >= 4 is 17.3 Å². The molecule has 0 aliphatic heterocycles. The zero-order chi connectivity index (χ0) is 25.0. The predicted molar refractivity (Wildman–Crippen MR) is 133 cm³/mol. The minimum atomic E-state index is -0.414. The lowest BCUT2D eigenvalue weighted by Crippen LogP contribution is -2.48. The van der Waals surface area contributed by atoms with E-state index in [1.165, 1.54) is 6.07 Å². The molecule has 2 bridgehead atoms. The van der Waals surface area contributed by atoms with Crippen LogP contribution in [0.2, 0.25) is 0 Å². The molecule has 2 amide bonds. The lowest BCUT2D eigenvalue weighted by molar-refractivity contribution is -0.123. The second-order valence-corrected chi connectivity index (χ2v) is 9.53. The third kappa shape index (κ3) is 3.57. The summed E-state index contributed by atoms with van der Waals surface area (Å²) in [4.78, 5) is 34.3. The molecule has 1 fully saturated rings. The van der Waals surface area contributed by atoms with Crippen LogP contribution < -0.4 is 11.1 Å². The third-order valence-electron chi connectivity index (χ3n) is 7.37. The first-order chi connectivity index (χ1) is 17.4. The van der Waals surface area contributed by atoms with Gasteiger partial charge in [-0.1, -0.05) is 24.3 Å². The number of allylic oxidation sites excluding steroid dienone is 1. The van der Waals surface area contributed by atoms with Gasteiger partial charge in [0.25, 0.3) is 5.91 Å². The Bertz CT molecular complexity index is 1560. The fraction of sp³-hybridized carbons (Fsp3) is 0.214. The molecule has 8 heteroatoms. The van der Waals surface area contributed by atoms with Gasteiger partial charge in [-0.3, -0.25) is 19.0 Å². The first-order valence-corrected chi connectivity index (χ1v) is 11.9. The van der Waals surface area contributed by atoms with Crippen molar-refractivity contribution < 1.29 is 14.0 Å². The number of aromatic nitrogens is 3. The number of aryl methyl sites for hydroxylation is 1. The Morgan fingerprint density at radius 1 is 1.08 bits per heavy atom. The Kier molecular flexibility index (Phi) is 5.17. The number of amides is 2. The molecule has 0 saturated heterocycles. The Labute approximate surface area is 206 Å². The molecule has 2 aliphatic carbocycles. The molecule has 7 nitrogen and oxygen atoms in total. The number of halogens is 1. The normalized spacial score (nSPS) is 22.3. The highest BCUT2D eigenvalue weighted by molar-refractivity contribution is 5.93. The van der Waals surface area contributed by atoms with Crippen LogP contribution in [0.1, 0.15) is 22.6 Å². The number of pyridine rings is 2. The highest BCUT2D eigenvalue weighted by Crippen LogP contribution is 2.43. The topological polar surface area (TPSA) is 102 Å². The van der Waals surface area contributed by atoms with Gasteiger partial charge in [-0.05, 0) is 61.1 Å². The third-order valence-corrected chi connectivity index (χ3v) is 7.37. The van der Waals surface area contributed by atoms with Crippen molar-refractivity contribution in [2.75, 3.05) is 0 Å². The molecule has 3 N–H and O–H groups in total. The van der Waals surface area contributed by atoms with Crippen LogP contribution in [-0.2, 0) is 4.79 Å². The quantitative estimate of drug-likeness (QED) is 0.422. The number of benzene rings is 1. The van der Waals surface area contributed by atoms with Crippen LogP contribution in [0.4, 0.5) is 4.39 Å². The van der Waals surface area contributed by atoms with Crippen LogP contribution in [0.15, 0.2) is 73.2 Å². The average Bonchev–Trinajstić information content (AvgIpc) is 3.60. The van der Waals surface area contributed by atoms with Crippen LogP contribution >= 0.6 is 0 Å². The van der Waals surface area contributed by atoms with Gasteiger partial charge >= 0.3 is 0 Å². The van der Waals surface area contributed by atoms with Crippen molar-refractivity contribution in [1.82, 2.24) is 19.7 Å². The van der Waals surface area contributed by atoms with Crippen molar-refractivity contribution in [3.8, 4) is 22.4 Å². The van der Waals surface area contributed by atoms with E-state index in [9.17, 15) is 14.0 Å². The van der Waals surface area contributed by atoms with Crippen LogP contribution in [0.25, 0.3) is 27.9 Å². The van der Waals surface area contributed by atoms with Gasteiger partial charge in [0.15, 0.2) is 0 Å². The van der Waals surface area contributed by atoms with Gasteiger partial charge in [0.1, 0.15) is 5.82 Å². The summed E-state index contributed by atoms with van der Waals surface area (Å²) in [5, 5.41) is 3.02. The summed E-state index contributed by atoms with van der Waals surface area (Å²) in [7, 11) is 0. The highest BCUT2D eigenvalue weighted by Gasteiger charge is 2.48. The van der Waals surface area contributed by atoms with E-state index in [1.54, 1.807) is 35.9 Å². The van der Waals surface area contributed by atoms with E-state index in [-0.39, 0.29) is 35.4 Å². The molecule has 0 radical (unpaired) electrons. The molecule has 0 spiro atoms. The molecule has 180 valence electrons. The van der Waals surface area contributed by atoms with E-state index in [4.69, 9.17) is 5.73 Å². The summed E-state index contributed by atoms with van der Waals surface area (Å²) < 4.78 is 15.6. The Hall–Kier alpha value is -4.33. The first kappa shape index (κ1) is 22.2. The van der Waals surface area contributed by atoms with E-state index in [0.717, 1.165) is 28.6 Å². The van der Waals surface area contributed by atoms with Crippen LogP contribution in [-0.4, -0.2) is 32.2 Å². The summed E-state index contributed by atoms with van der Waals surface area (Å²) in [6, 6.07) is 12.2. The van der Waals surface area contributed by atoms with Crippen LogP contribution in [0, 0.1) is 30.5 Å². The smallest absolute Gasteiger partial charge is 0.287 e. The fourth-order valence-corrected chi connectivity index (χ4v) is 5.60. The van der Waals surface area contributed by atoms with Gasteiger partial charge < -0.3 is 11.1 Å². The Morgan fingerprint density at radius 3 is 2.69 bits per heavy atom. The number of carbonyl (C=O) groups excluding carboxylic acids is 2. The number of nitrogens with two attached hydrogens (primary N) is 1. The van der Waals surface area contributed by atoms with Crippen molar-refractivity contribution in [1.29, 1.82) is 0 Å². The van der Waals surface area contributed by atoms with Gasteiger partial charge in [-0.25, -0.2) is 9.37 Å². The van der Waals surface area contributed by atoms with E-state index in [1.807, 2.05) is 36.5 Å². The molecule has 36 heavy (non-hydrogen) atoms. The van der Waals surface area contributed by atoms with Gasteiger partial charge in [-0.15, -0.1) is 0 Å². The predicted octanol–water partition coefficient (Wildman–Crippen LogP) is 3.92. The second kappa shape index (κ2) is 8.41. The fourth-order valence-electron chi connectivity index (χ4n) is 5.60. The van der Waals surface area contributed by atoms with Crippen molar-refractivity contribution in [3.63, 3.8) is 0 Å². The van der Waals surface area contributed by atoms with Gasteiger partial charge in [-0.2, -0.15) is 0 Å². The molecule has 4 atom stereocenters. The van der Waals surface area contributed by atoms with E-state index < -0.39 is 11.8 Å². The number of carbonyl (C=O) groups is 2. The number of fused-ring (bicyclic) bond motifs is 3. The molecular formula is C28H24FN5O2. The van der Waals surface area contributed by atoms with Gasteiger partial charge in [0.05, 0.1) is 23.3 Å². The van der Waals surface area contributed by atoms with E-state index in [0.29, 0.717) is 11.3 Å². The standard InChI is InChI=1S/C28H24FN5O2/c1-15-11-17(7-9-22(15)29)24-21(3-2-10-31-24)19-6-8-20-13-32-27(34(20)14-19)28(36)33-25-18-5-4-16(12-18)23(25)26(30)35/h2-11,13-14,16,18,23,25H,12H2,1H3,(H2,30,35)(H,33,36)/t16?,18-,23-,25+/m0/s1. The Balaban J connectivity index is 1.36. The second-order valence-electron chi connectivity index (χ2n) is 9.53. The minimum Gasteiger partial charge on any atom is -0.369 e. The number of primary amides is 1. The van der Waals surface area contributed by atoms with Gasteiger partial charge in [0, 0.05) is 35.1 Å². The Morgan fingerprint density at radius 2 is 1.89 bits per heavy atom. The maximum Gasteiger partial charge on any atom is 0.287 e. The summed E-state index contributed by atoms with van der Waals surface area (Å²) in [6.45, 7) is 1.72. The summed E-state index contributed by atoms with van der Waals surface area (Å²) in [5.74, 6) is -1.04. The summed E-state index contributed by atoms with van der Waals surface area (Å²) in [6.07, 6.45) is 10.1. The van der Waals surface area contributed by atoms with E-state index >= 15 is 0 Å². The average molecular weight is 482 g/mol. The molecule has 3 aromatic heterocycles. The first-order valence-electron chi connectivity index (χ1n) is 11.9. The summed E-state index contributed by atoms with van der Waals surface area (Å²) >= 11 is 0. The maximum atomic E-state index is 13.9. The highest BCUT2D eigenvalue weighted by atomic mass is 19.1. The molecule has 4 aromatic rings. The number of hydrogen-bond donors (Lipinski definition) is 2. The number of nitrogens with zero attached hydrogens (tertiary/aromatic N) is 3. The minimum absolute atomic E-state index is 0.0699. The number of nitrogens with one attached hydrogen (secondary N) is 1. The monoisotopic (exact) mass is 481 g/mol. The number of imidazole rings is 1. The zero-order valence-corrected chi connectivity index (χ0v) is 19.6. The number of hydrogen-bond acceptors (Lipinski definition) is 4. The molecule has 3 heterocycles. The van der Waals surface area contributed by atoms with Crippen LogP contribution in [0.5, 0.6) is 0 Å². The molecule has 1 unspecified atom stereocenters. The largest absolute Gasteiger partial charge is 0.369 e. The zero-order valence-electron chi connectivity index (χ0n) is 19.6. The van der Waals surface area contributed by atoms with Gasteiger partial charge in [0.2, 0.25) is 11.7 Å². The lowest BCUT2D eigenvalue weighted by atomic mass is 9.88. The molecule has 1 aromatic carbocycles. The van der Waals surface area contributed by atoms with Crippen molar-refractivity contribution in [2.45, 2.75) is 19.4 Å². The molecule has 2 aliphatic rings. The molecule has 6 rings (SSSR count).